The molecule has 2 N–H and O–H groups in total. The summed E-state index contributed by atoms with van der Waals surface area (Å²) < 4.78 is 1.86. The van der Waals surface area contributed by atoms with Crippen LogP contribution in [-0.4, -0.2) is 39.7 Å². The fourth-order valence-corrected chi connectivity index (χ4v) is 4.09. The Balaban J connectivity index is 1.59. The molecule has 1 aliphatic heterocycles. The highest BCUT2D eigenvalue weighted by molar-refractivity contribution is 5.95. The van der Waals surface area contributed by atoms with Gasteiger partial charge in [0, 0.05) is 30.1 Å². The minimum Gasteiger partial charge on any atom is -0.353 e. The Morgan fingerprint density at radius 1 is 1.21 bits per heavy atom. The summed E-state index contributed by atoms with van der Waals surface area (Å²) in [6.45, 7) is 1.91. The van der Waals surface area contributed by atoms with Crippen LogP contribution in [0.5, 0.6) is 0 Å². The number of imidazole rings is 1. The van der Waals surface area contributed by atoms with Crippen LogP contribution < -0.4 is 10.6 Å². The van der Waals surface area contributed by atoms with Crippen LogP contribution in [0, 0.1) is 0 Å². The van der Waals surface area contributed by atoms with Crippen molar-refractivity contribution >= 4 is 17.6 Å². The number of hydrogen-bond acceptors (Lipinski definition) is 4. The van der Waals surface area contributed by atoms with Crippen molar-refractivity contribution in [2.75, 3.05) is 6.54 Å². The normalized spacial score (nSPS) is 19.2. The third-order valence-corrected chi connectivity index (χ3v) is 5.58. The van der Waals surface area contributed by atoms with Crippen LogP contribution in [0.4, 0.5) is 0 Å². The Bertz CT molecular complexity index is 910. The smallest absolute Gasteiger partial charge is 0.269 e. The predicted octanol–water partition coefficient (Wildman–Crippen LogP) is 2.49. The highest BCUT2D eigenvalue weighted by atomic mass is 16.2. The van der Waals surface area contributed by atoms with Gasteiger partial charge in [0.05, 0.1) is 12.2 Å². The first-order chi connectivity index (χ1) is 13.5. The molecule has 0 radical (unpaired) electrons. The molecule has 7 nitrogen and oxygen atoms in total. The van der Waals surface area contributed by atoms with Crippen molar-refractivity contribution in [1.29, 1.82) is 0 Å². The second kappa shape index (κ2) is 7.58. The molecule has 146 valence electrons. The summed E-state index contributed by atoms with van der Waals surface area (Å²) >= 11 is 0. The predicted molar refractivity (Wildman–Crippen MR) is 104 cm³/mol. The third-order valence-electron chi connectivity index (χ3n) is 5.58. The number of benzene rings is 1. The number of nitrogens with one attached hydrogen (secondary N) is 2. The van der Waals surface area contributed by atoms with E-state index < -0.39 is 0 Å². The summed E-state index contributed by atoms with van der Waals surface area (Å²) in [6.07, 6.45) is 6.24. The lowest BCUT2D eigenvalue weighted by atomic mass is 10.1. The van der Waals surface area contributed by atoms with Crippen LogP contribution in [0.25, 0.3) is 11.4 Å². The zero-order valence-corrected chi connectivity index (χ0v) is 15.9. The molecule has 2 amide bonds. The maximum atomic E-state index is 12.6. The number of hydrogen-bond donors (Lipinski definition) is 2. The van der Waals surface area contributed by atoms with Gasteiger partial charge in [0.1, 0.15) is 11.5 Å². The lowest BCUT2D eigenvalue weighted by Crippen LogP contribution is -2.42. The minimum absolute atomic E-state index is 0.00228. The molecule has 2 heterocycles. The quantitative estimate of drug-likeness (QED) is 0.780. The van der Waals surface area contributed by atoms with E-state index in [2.05, 4.69) is 15.6 Å². The van der Waals surface area contributed by atoms with Crippen LogP contribution in [0.15, 0.2) is 30.5 Å². The van der Waals surface area contributed by atoms with E-state index in [4.69, 9.17) is 0 Å². The van der Waals surface area contributed by atoms with E-state index >= 15 is 0 Å². The molecule has 1 atom stereocenters. The van der Waals surface area contributed by atoms with E-state index in [-0.39, 0.29) is 29.7 Å². The molecule has 0 spiro atoms. The summed E-state index contributed by atoms with van der Waals surface area (Å²) in [5, 5.41) is 5.97. The van der Waals surface area contributed by atoms with Gasteiger partial charge in [-0.15, -0.1) is 0 Å². The molecule has 1 aliphatic carbocycles. The first kappa shape index (κ1) is 18.4. The lowest BCUT2D eigenvalue weighted by molar-refractivity contribution is -0.122. The fraction of sp³-hybridized carbons (Fsp3) is 0.429. The number of ketones is 1. The molecule has 4 rings (SSSR count). The van der Waals surface area contributed by atoms with Gasteiger partial charge in [-0.3, -0.25) is 14.4 Å². The zero-order valence-electron chi connectivity index (χ0n) is 15.9. The largest absolute Gasteiger partial charge is 0.353 e. The summed E-state index contributed by atoms with van der Waals surface area (Å²) in [5.41, 5.74) is 1.89. The monoisotopic (exact) mass is 380 g/mol. The van der Waals surface area contributed by atoms with Crippen molar-refractivity contribution in [2.45, 2.75) is 51.1 Å². The van der Waals surface area contributed by atoms with Crippen molar-refractivity contribution < 1.29 is 14.4 Å². The van der Waals surface area contributed by atoms with Crippen molar-refractivity contribution in [3.05, 3.63) is 41.7 Å². The van der Waals surface area contributed by atoms with Gasteiger partial charge >= 0.3 is 0 Å². The Hall–Kier alpha value is -2.96. The van der Waals surface area contributed by atoms with Crippen molar-refractivity contribution in [2.24, 2.45) is 0 Å². The number of carbonyl (C=O) groups excluding carboxylic acids is 3. The molecule has 1 aromatic carbocycles. The van der Waals surface area contributed by atoms with E-state index in [1.807, 2.05) is 16.7 Å². The molecule has 7 heteroatoms. The zero-order chi connectivity index (χ0) is 19.7. The van der Waals surface area contributed by atoms with Gasteiger partial charge in [0.2, 0.25) is 5.91 Å². The van der Waals surface area contributed by atoms with E-state index in [9.17, 15) is 14.4 Å². The number of amides is 2. The highest BCUT2D eigenvalue weighted by Crippen LogP contribution is 2.28. The fourth-order valence-electron chi connectivity index (χ4n) is 4.09. The summed E-state index contributed by atoms with van der Waals surface area (Å²) in [6, 6.07) is 7.24. The molecule has 1 fully saturated rings. The molecular formula is C21H24N4O3. The highest BCUT2D eigenvalue weighted by Gasteiger charge is 2.30. The maximum Gasteiger partial charge on any atom is 0.269 e. The number of rotatable bonds is 5. The first-order valence-corrected chi connectivity index (χ1v) is 9.79. The standard InChI is InChI=1S/C21H24N4O3/c1-13(26)14-6-8-15(9-7-14)20-22-12-18-21(28)23-11-17(25(18)20)10-19(27)24-16-4-2-3-5-16/h6-9,12,16-17H,2-5,10-11H2,1H3,(H,23,28)(H,24,27). The Morgan fingerprint density at radius 2 is 1.93 bits per heavy atom. The van der Waals surface area contributed by atoms with E-state index in [1.165, 1.54) is 6.92 Å². The van der Waals surface area contributed by atoms with Gasteiger partial charge in [0.25, 0.3) is 5.91 Å². The van der Waals surface area contributed by atoms with Crippen LogP contribution in [0.2, 0.25) is 0 Å². The Morgan fingerprint density at radius 3 is 2.61 bits per heavy atom. The summed E-state index contributed by atoms with van der Waals surface area (Å²) in [4.78, 5) is 40.8. The van der Waals surface area contributed by atoms with E-state index in [0.717, 1.165) is 31.2 Å². The minimum atomic E-state index is -0.195. The van der Waals surface area contributed by atoms with Gasteiger partial charge in [-0.25, -0.2) is 4.98 Å². The molecule has 1 unspecified atom stereocenters. The molecule has 28 heavy (non-hydrogen) atoms. The van der Waals surface area contributed by atoms with Gasteiger partial charge in [0.15, 0.2) is 5.78 Å². The molecule has 1 saturated carbocycles. The van der Waals surface area contributed by atoms with Crippen LogP contribution in [0.1, 0.15) is 65.9 Å². The second-order valence-electron chi connectivity index (χ2n) is 7.59. The van der Waals surface area contributed by atoms with Gasteiger partial charge < -0.3 is 15.2 Å². The van der Waals surface area contributed by atoms with E-state index in [0.29, 0.717) is 30.0 Å². The SMILES string of the molecule is CC(=O)c1ccc(-c2ncc3n2C(CC(=O)NC2CCCC2)CNC3=O)cc1. The van der Waals surface area contributed by atoms with Crippen molar-refractivity contribution in [3.63, 3.8) is 0 Å². The number of Topliss-reactive ketones (excluding diaryl/α,β-unsaturated/α-hetero) is 1. The molecule has 0 bridgehead atoms. The average molecular weight is 380 g/mol. The number of carbonyl (C=O) groups is 3. The Kier molecular flexibility index (Phi) is 4.98. The van der Waals surface area contributed by atoms with Crippen LogP contribution in [0.3, 0.4) is 0 Å². The first-order valence-electron chi connectivity index (χ1n) is 9.79. The number of fused-ring (bicyclic) bond motifs is 1. The van der Waals surface area contributed by atoms with Crippen molar-refractivity contribution in [1.82, 2.24) is 20.2 Å². The molecular weight excluding hydrogens is 356 g/mol. The summed E-state index contributed by atoms with van der Waals surface area (Å²) in [5.74, 6) is 0.452. The van der Waals surface area contributed by atoms with Crippen molar-refractivity contribution in [3.8, 4) is 11.4 Å². The van der Waals surface area contributed by atoms with Crippen LogP contribution >= 0.6 is 0 Å². The average Bonchev–Trinajstić information content (AvgIpc) is 3.34. The van der Waals surface area contributed by atoms with E-state index in [1.54, 1.807) is 18.3 Å². The molecule has 1 aromatic heterocycles. The molecule has 2 aliphatic rings. The molecule has 2 aromatic rings. The topological polar surface area (TPSA) is 93.1 Å². The van der Waals surface area contributed by atoms with Gasteiger partial charge in [-0.05, 0) is 19.8 Å². The number of aromatic nitrogens is 2. The summed E-state index contributed by atoms with van der Waals surface area (Å²) in [7, 11) is 0. The third kappa shape index (κ3) is 3.56. The van der Waals surface area contributed by atoms with Gasteiger partial charge in [-0.2, -0.15) is 0 Å². The van der Waals surface area contributed by atoms with Crippen LogP contribution in [-0.2, 0) is 4.79 Å². The molecule has 0 saturated heterocycles. The number of nitrogens with zero attached hydrogens (tertiary/aromatic N) is 2. The van der Waals surface area contributed by atoms with Gasteiger partial charge in [-0.1, -0.05) is 37.1 Å². The Labute approximate surface area is 163 Å². The second-order valence-corrected chi connectivity index (χ2v) is 7.59. The maximum absolute atomic E-state index is 12.6. The lowest BCUT2D eigenvalue weighted by Gasteiger charge is -2.27.